The Morgan fingerprint density at radius 2 is 2.20 bits per heavy atom. The summed E-state index contributed by atoms with van der Waals surface area (Å²) in [5.74, 6) is -0.169. The quantitative estimate of drug-likeness (QED) is 0.629. The van der Waals surface area contributed by atoms with E-state index < -0.39 is 10.0 Å². The lowest BCUT2D eigenvalue weighted by Crippen LogP contribution is -2.15. The van der Waals surface area contributed by atoms with Crippen LogP contribution >= 0.6 is 11.6 Å². The number of nitrogens with two attached hydrogens (primary N) is 1. The summed E-state index contributed by atoms with van der Waals surface area (Å²) in [6.07, 6.45) is 1.29. The maximum atomic E-state index is 11.4. The third kappa shape index (κ3) is 3.45. The van der Waals surface area contributed by atoms with E-state index in [0.717, 1.165) is 0 Å². The molecule has 1 rings (SSSR count). The molecule has 3 N–H and O–H groups in total. The van der Waals surface area contributed by atoms with Gasteiger partial charge in [0.1, 0.15) is 0 Å². The highest BCUT2D eigenvalue weighted by Crippen LogP contribution is 2.24. The Balaban J connectivity index is 2.99. The van der Waals surface area contributed by atoms with Crippen LogP contribution in [-0.2, 0) is 10.0 Å². The normalized spacial score (nSPS) is 11.0. The molecule has 0 saturated carbocycles. The van der Waals surface area contributed by atoms with Crippen molar-refractivity contribution < 1.29 is 8.42 Å². The highest BCUT2D eigenvalue weighted by Gasteiger charge is 2.10. The summed E-state index contributed by atoms with van der Waals surface area (Å²) in [7, 11) is -3.43. The van der Waals surface area contributed by atoms with Gasteiger partial charge in [-0.15, -0.1) is 6.58 Å². The summed E-state index contributed by atoms with van der Waals surface area (Å²) in [6.45, 7) is 3.35. The molecule has 0 unspecified atom stereocenters. The van der Waals surface area contributed by atoms with Crippen LogP contribution in [0.25, 0.3) is 0 Å². The summed E-state index contributed by atoms with van der Waals surface area (Å²) in [4.78, 5) is 0. The topological polar surface area (TPSA) is 72.2 Å². The Hall–Kier alpha value is -1.20. The van der Waals surface area contributed by atoms with Crippen LogP contribution < -0.4 is 10.5 Å². The van der Waals surface area contributed by atoms with E-state index in [1.165, 1.54) is 18.2 Å². The Morgan fingerprint density at radius 3 is 2.80 bits per heavy atom. The minimum atomic E-state index is -3.43. The van der Waals surface area contributed by atoms with Crippen molar-refractivity contribution in [1.82, 2.24) is 0 Å². The van der Waals surface area contributed by atoms with Crippen molar-refractivity contribution in [2.24, 2.45) is 0 Å². The highest BCUT2D eigenvalue weighted by molar-refractivity contribution is 7.92. The molecule has 0 bridgehead atoms. The number of rotatable bonds is 4. The minimum absolute atomic E-state index is 0.169. The van der Waals surface area contributed by atoms with Crippen LogP contribution in [0.2, 0.25) is 5.02 Å². The SMILES string of the molecule is C=CCS(=O)(=O)Nc1cc(N)ccc1Cl. The predicted octanol–water partition coefficient (Wildman–Crippen LogP) is 1.85. The molecule has 0 amide bonds. The second kappa shape index (κ2) is 4.55. The highest BCUT2D eigenvalue weighted by atomic mass is 35.5. The number of nitrogen functional groups attached to an aromatic ring is 1. The second-order valence-electron chi connectivity index (χ2n) is 2.91. The molecule has 82 valence electrons. The monoisotopic (exact) mass is 246 g/mol. The van der Waals surface area contributed by atoms with E-state index in [2.05, 4.69) is 11.3 Å². The standard InChI is InChI=1S/C9H11ClN2O2S/c1-2-5-15(13,14)12-9-6-7(11)3-4-8(9)10/h2-4,6,12H,1,5,11H2. The van der Waals surface area contributed by atoms with Crippen LogP contribution in [0, 0.1) is 0 Å². The average molecular weight is 247 g/mol. The molecule has 0 atom stereocenters. The van der Waals surface area contributed by atoms with Gasteiger partial charge in [-0.25, -0.2) is 8.42 Å². The van der Waals surface area contributed by atoms with Gasteiger partial charge in [-0.1, -0.05) is 17.7 Å². The molecular weight excluding hydrogens is 236 g/mol. The van der Waals surface area contributed by atoms with Crippen molar-refractivity contribution in [2.75, 3.05) is 16.2 Å². The van der Waals surface area contributed by atoms with E-state index in [9.17, 15) is 8.42 Å². The summed E-state index contributed by atoms with van der Waals surface area (Å²) in [5, 5.41) is 0.303. The van der Waals surface area contributed by atoms with E-state index >= 15 is 0 Å². The van der Waals surface area contributed by atoms with E-state index in [4.69, 9.17) is 17.3 Å². The van der Waals surface area contributed by atoms with Gasteiger partial charge in [-0.2, -0.15) is 0 Å². The van der Waals surface area contributed by atoms with Gasteiger partial charge in [0.15, 0.2) is 0 Å². The zero-order chi connectivity index (χ0) is 11.5. The van der Waals surface area contributed by atoms with Crippen LogP contribution in [0.1, 0.15) is 0 Å². The van der Waals surface area contributed by atoms with Crippen molar-refractivity contribution in [3.8, 4) is 0 Å². The maximum absolute atomic E-state index is 11.4. The third-order valence-corrected chi connectivity index (χ3v) is 3.13. The fourth-order valence-corrected chi connectivity index (χ4v) is 2.10. The van der Waals surface area contributed by atoms with Gasteiger partial charge in [0.25, 0.3) is 0 Å². The number of benzene rings is 1. The van der Waals surface area contributed by atoms with Gasteiger partial charge >= 0.3 is 0 Å². The molecule has 0 heterocycles. The minimum Gasteiger partial charge on any atom is -0.399 e. The summed E-state index contributed by atoms with van der Waals surface area (Å²) in [5.41, 5.74) is 6.22. The fourth-order valence-electron chi connectivity index (χ4n) is 0.985. The van der Waals surface area contributed by atoms with Crippen molar-refractivity contribution in [2.45, 2.75) is 0 Å². The Kier molecular flexibility index (Phi) is 3.60. The molecule has 0 aliphatic rings. The van der Waals surface area contributed by atoms with Gasteiger partial charge < -0.3 is 5.73 Å². The average Bonchev–Trinajstić information content (AvgIpc) is 2.10. The van der Waals surface area contributed by atoms with E-state index in [0.29, 0.717) is 10.7 Å². The molecule has 1 aromatic rings. The molecule has 15 heavy (non-hydrogen) atoms. The van der Waals surface area contributed by atoms with Gasteiger partial charge in [-0.05, 0) is 18.2 Å². The molecule has 0 aliphatic carbocycles. The Bertz CT molecular complexity index is 471. The fraction of sp³-hybridized carbons (Fsp3) is 0.111. The van der Waals surface area contributed by atoms with E-state index in [-0.39, 0.29) is 11.4 Å². The van der Waals surface area contributed by atoms with Crippen molar-refractivity contribution in [1.29, 1.82) is 0 Å². The number of hydrogen-bond acceptors (Lipinski definition) is 3. The molecule has 0 aromatic heterocycles. The lowest BCUT2D eigenvalue weighted by Gasteiger charge is -2.08. The van der Waals surface area contributed by atoms with Crippen molar-refractivity contribution in [3.63, 3.8) is 0 Å². The van der Waals surface area contributed by atoms with Gasteiger partial charge in [-0.3, -0.25) is 4.72 Å². The molecule has 0 radical (unpaired) electrons. The van der Waals surface area contributed by atoms with Crippen molar-refractivity contribution in [3.05, 3.63) is 35.9 Å². The summed E-state index contributed by atoms with van der Waals surface area (Å²) >= 11 is 5.79. The van der Waals surface area contributed by atoms with Crippen LogP contribution in [0.4, 0.5) is 11.4 Å². The Morgan fingerprint density at radius 1 is 1.53 bits per heavy atom. The van der Waals surface area contributed by atoms with E-state index in [1.807, 2.05) is 0 Å². The third-order valence-electron chi connectivity index (χ3n) is 1.59. The Labute approximate surface area is 93.8 Å². The van der Waals surface area contributed by atoms with Crippen LogP contribution in [-0.4, -0.2) is 14.2 Å². The van der Waals surface area contributed by atoms with Crippen LogP contribution in [0.15, 0.2) is 30.9 Å². The largest absolute Gasteiger partial charge is 0.399 e. The summed E-state index contributed by atoms with van der Waals surface area (Å²) in [6, 6.07) is 4.58. The molecular formula is C9H11ClN2O2S. The van der Waals surface area contributed by atoms with Crippen LogP contribution in [0.5, 0.6) is 0 Å². The molecule has 4 nitrogen and oxygen atoms in total. The van der Waals surface area contributed by atoms with Gasteiger partial charge in [0.2, 0.25) is 10.0 Å². The second-order valence-corrected chi connectivity index (χ2v) is 5.09. The van der Waals surface area contributed by atoms with Crippen molar-refractivity contribution >= 4 is 33.0 Å². The molecule has 6 heteroatoms. The smallest absolute Gasteiger partial charge is 0.236 e. The number of sulfonamides is 1. The first-order valence-electron chi connectivity index (χ1n) is 4.11. The zero-order valence-corrected chi connectivity index (χ0v) is 9.48. The number of hydrogen-bond donors (Lipinski definition) is 2. The van der Waals surface area contributed by atoms with Crippen LogP contribution in [0.3, 0.4) is 0 Å². The summed E-state index contributed by atoms with van der Waals surface area (Å²) < 4.78 is 25.1. The number of halogens is 1. The molecule has 0 aliphatic heterocycles. The number of anilines is 2. The zero-order valence-electron chi connectivity index (χ0n) is 7.90. The predicted molar refractivity (Wildman–Crippen MR) is 63.5 cm³/mol. The lowest BCUT2D eigenvalue weighted by molar-refractivity contribution is 0.604. The van der Waals surface area contributed by atoms with Gasteiger partial charge in [0, 0.05) is 5.69 Å². The molecule has 0 saturated heterocycles. The molecule has 0 spiro atoms. The molecule has 1 aromatic carbocycles. The molecule has 0 fully saturated rings. The first-order chi connectivity index (χ1) is 6.94. The van der Waals surface area contributed by atoms with Gasteiger partial charge in [0.05, 0.1) is 16.5 Å². The maximum Gasteiger partial charge on any atom is 0.236 e. The first-order valence-corrected chi connectivity index (χ1v) is 6.14. The first kappa shape index (κ1) is 11.9. The number of nitrogens with one attached hydrogen (secondary N) is 1. The van der Waals surface area contributed by atoms with E-state index in [1.54, 1.807) is 6.07 Å². The lowest BCUT2D eigenvalue weighted by atomic mass is 10.3.